The second-order valence-corrected chi connectivity index (χ2v) is 11.2. The fourth-order valence-corrected chi connectivity index (χ4v) is 5.94. The van der Waals surface area contributed by atoms with E-state index in [4.69, 9.17) is 28.4 Å². The molecular weight excluding hydrogens is 600 g/mol. The molecular formula is C36H42N4O7. The van der Waals surface area contributed by atoms with Gasteiger partial charge in [-0.2, -0.15) is 0 Å². The average Bonchev–Trinajstić information content (AvgIpc) is 3.13. The van der Waals surface area contributed by atoms with Crippen LogP contribution in [0.4, 0.5) is 5.69 Å². The minimum atomic E-state index is -0.0572. The topological polar surface area (TPSA) is 105 Å². The molecule has 11 nitrogen and oxygen atoms in total. The summed E-state index contributed by atoms with van der Waals surface area (Å²) in [4.78, 5) is 26.8. The number of pyridine rings is 2. The minimum Gasteiger partial charge on any atom is -0.493 e. The molecule has 0 radical (unpaired) electrons. The number of anilines is 1. The lowest BCUT2D eigenvalue weighted by Gasteiger charge is -2.33. The molecule has 0 bridgehead atoms. The largest absolute Gasteiger partial charge is 0.493 e. The lowest BCUT2D eigenvalue weighted by Crippen LogP contribution is -2.41. The Kier molecular flexibility index (Phi) is 10.7. The van der Waals surface area contributed by atoms with Crippen LogP contribution in [0, 0.1) is 5.92 Å². The van der Waals surface area contributed by atoms with Gasteiger partial charge in [0.05, 0.1) is 65.9 Å². The molecule has 0 unspecified atom stereocenters. The first-order chi connectivity index (χ1) is 22.8. The SMILES string of the molecule is COc1cc(-c2ccc(N(C)C(=O)C3CCN(Cc4ccnc(-c5cc(OC)c(OC)c(OC)c5)c4)CC3)cn2)cc(OC)c1OC. The summed E-state index contributed by atoms with van der Waals surface area (Å²) >= 11 is 0. The molecule has 0 aliphatic carbocycles. The number of carbonyl (C=O) groups is 1. The van der Waals surface area contributed by atoms with Gasteiger partial charge in [0.15, 0.2) is 23.0 Å². The quantitative estimate of drug-likeness (QED) is 0.190. The van der Waals surface area contributed by atoms with Crippen molar-refractivity contribution in [3.8, 4) is 57.0 Å². The van der Waals surface area contributed by atoms with Crippen molar-refractivity contribution in [1.82, 2.24) is 14.9 Å². The lowest BCUT2D eigenvalue weighted by atomic mass is 9.95. The molecule has 47 heavy (non-hydrogen) atoms. The molecule has 1 fully saturated rings. The number of hydrogen-bond acceptors (Lipinski definition) is 10. The smallest absolute Gasteiger partial charge is 0.229 e. The van der Waals surface area contributed by atoms with Crippen LogP contribution >= 0.6 is 0 Å². The van der Waals surface area contributed by atoms with Gasteiger partial charge in [-0.15, -0.1) is 0 Å². The highest BCUT2D eigenvalue weighted by Crippen LogP contribution is 2.42. The standard InChI is InChI=1S/C36H42N4O7/c1-39(27-8-9-28(38-21-27)25-17-30(42-2)34(46-6)31(18-25)43-3)36(41)24-11-14-40(15-12-24)22-23-10-13-37-29(16-23)26-19-32(44-4)35(47-7)33(20-26)45-5/h8-10,13,16-21,24H,11-12,14-15,22H2,1-7H3. The van der Waals surface area contributed by atoms with Crippen molar-refractivity contribution in [2.75, 3.05) is 67.7 Å². The monoisotopic (exact) mass is 642 g/mol. The maximum Gasteiger partial charge on any atom is 0.229 e. The lowest BCUT2D eigenvalue weighted by molar-refractivity contribution is -0.123. The number of carbonyl (C=O) groups excluding carboxylic acids is 1. The van der Waals surface area contributed by atoms with Gasteiger partial charge in [0.1, 0.15) is 0 Å². The molecule has 4 aromatic rings. The van der Waals surface area contributed by atoms with Gasteiger partial charge in [0.25, 0.3) is 0 Å². The predicted molar refractivity (Wildman–Crippen MR) is 180 cm³/mol. The second kappa shape index (κ2) is 15.0. The third kappa shape index (κ3) is 7.20. The molecule has 2 aromatic carbocycles. The summed E-state index contributed by atoms with van der Waals surface area (Å²) in [7, 11) is 11.3. The number of ether oxygens (including phenoxy) is 6. The second-order valence-electron chi connectivity index (χ2n) is 11.2. The number of piperidine rings is 1. The normalized spacial score (nSPS) is 13.5. The third-order valence-corrected chi connectivity index (χ3v) is 8.55. The summed E-state index contributed by atoms with van der Waals surface area (Å²) in [5.41, 5.74) is 5.12. The molecule has 2 aromatic heterocycles. The zero-order valence-electron chi connectivity index (χ0n) is 28.0. The van der Waals surface area contributed by atoms with E-state index in [1.54, 1.807) is 53.8 Å². The Bertz CT molecular complexity index is 1640. The molecule has 5 rings (SSSR count). The minimum absolute atomic E-state index is 0.0572. The van der Waals surface area contributed by atoms with Gasteiger partial charge >= 0.3 is 0 Å². The van der Waals surface area contributed by atoms with Crippen LogP contribution in [-0.4, -0.2) is 83.6 Å². The summed E-state index contributed by atoms with van der Waals surface area (Å²) < 4.78 is 32.9. The fourth-order valence-electron chi connectivity index (χ4n) is 5.94. The number of nitrogens with zero attached hydrogens (tertiary/aromatic N) is 4. The average molecular weight is 643 g/mol. The Balaban J connectivity index is 1.20. The Morgan fingerprint density at radius 2 is 1.26 bits per heavy atom. The Morgan fingerprint density at radius 1 is 0.723 bits per heavy atom. The van der Waals surface area contributed by atoms with Gasteiger partial charge in [-0.3, -0.25) is 19.7 Å². The van der Waals surface area contributed by atoms with Crippen LogP contribution in [0.3, 0.4) is 0 Å². The van der Waals surface area contributed by atoms with Gasteiger partial charge in [-0.1, -0.05) is 0 Å². The first-order valence-electron chi connectivity index (χ1n) is 15.4. The summed E-state index contributed by atoms with van der Waals surface area (Å²) in [6.45, 7) is 2.41. The number of methoxy groups -OCH3 is 6. The van der Waals surface area contributed by atoms with E-state index >= 15 is 0 Å². The highest BCUT2D eigenvalue weighted by molar-refractivity contribution is 5.94. The van der Waals surface area contributed by atoms with E-state index in [9.17, 15) is 4.79 Å². The molecule has 248 valence electrons. The molecule has 1 amide bonds. The summed E-state index contributed by atoms with van der Waals surface area (Å²) in [6.07, 6.45) is 5.11. The van der Waals surface area contributed by atoms with E-state index in [0.717, 1.165) is 66.2 Å². The molecule has 1 aliphatic rings. The molecule has 0 saturated carbocycles. The van der Waals surface area contributed by atoms with Crippen LogP contribution in [0.1, 0.15) is 18.4 Å². The summed E-state index contributed by atoms with van der Waals surface area (Å²) in [5.74, 6) is 3.37. The molecule has 3 heterocycles. The van der Waals surface area contributed by atoms with E-state index in [1.165, 1.54) is 0 Å². The van der Waals surface area contributed by atoms with Crippen LogP contribution in [0.25, 0.3) is 22.5 Å². The maximum atomic E-state index is 13.5. The number of benzene rings is 2. The van der Waals surface area contributed by atoms with Gasteiger partial charge in [0, 0.05) is 36.8 Å². The van der Waals surface area contributed by atoms with E-state index in [2.05, 4.69) is 20.9 Å². The maximum absolute atomic E-state index is 13.5. The fraction of sp³-hybridized carbons (Fsp3) is 0.361. The van der Waals surface area contributed by atoms with E-state index in [1.807, 2.05) is 55.7 Å². The van der Waals surface area contributed by atoms with Crippen molar-refractivity contribution in [3.05, 3.63) is 66.5 Å². The van der Waals surface area contributed by atoms with E-state index in [0.29, 0.717) is 34.5 Å². The number of aromatic nitrogens is 2. The zero-order valence-corrected chi connectivity index (χ0v) is 28.0. The molecule has 0 spiro atoms. The van der Waals surface area contributed by atoms with E-state index < -0.39 is 0 Å². The Morgan fingerprint density at radius 3 is 1.72 bits per heavy atom. The number of likely N-dealkylation sites (tertiary alicyclic amines) is 1. The third-order valence-electron chi connectivity index (χ3n) is 8.55. The van der Waals surface area contributed by atoms with Crippen molar-refractivity contribution < 1.29 is 33.2 Å². The van der Waals surface area contributed by atoms with Crippen molar-refractivity contribution in [1.29, 1.82) is 0 Å². The molecule has 11 heteroatoms. The number of rotatable bonds is 12. The zero-order chi connectivity index (χ0) is 33.5. The van der Waals surface area contributed by atoms with Crippen molar-refractivity contribution >= 4 is 11.6 Å². The predicted octanol–water partition coefficient (Wildman–Crippen LogP) is 5.74. The summed E-state index contributed by atoms with van der Waals surface area (Å²) in [6, 6.07) is 15.4. The van der Waals surface area contributed by atoms with Crippen LogP contribution in [0.15, 0.2) is 60.9 Å². The van der Waals surface area contributed by atoms with Gasteiger partial charge in [0.2, 0.25) is 17.4 Å². The molecule has 0 atom stereocenters. The van der Waals surface area contributed by atoms with Gasteiger partial charge < -0.3 is 33.3 Å². The number of amides is 1. The molecule has 1 saturated heterocycles. The molecule has 1 aliphatic heterocycles. The van der Waals surface area contributed by atoms with Crippen LogP contribution in [0.2, 0.25) is 0 Å². The number of hydrogen-bond donors (Lipinski definition) is 0. The molecule has 0 N–H and O–H groups in total. The van der Waals surface area contributed by atoms with E-state index in [-0.39, 0.29) is 11.8 Å². The van der Waals surface area contributed by atoms with Crippen molar-refractivity contribution in [2.24, 2.45) is 5.92 Å². The summed E-state index contributed by atoms with van der Waals surface area (Å²) in [5, 5.41) is 0. The van der Waals surface area contributed by atoms with Crippen molar-refractivity contribution in [3.63, 3.8) is 0 Å². The highest BCUT2D eigenvalue weighted by atomic mass is 16.5. The van der Waals surface area contributed by atoms with Crippen LogP contribution in [0.5, 0.6) is 34.5 Å². The first-order valence-corrected chi connectivity index (χ1v) is 15.4. The first kappa shape index (κ1) is 33.3. The van der Waals surface area contributed by atoms with Crippen molar-refractivity contribution in [2.45, 2.75) is 19.4 Å². The Labute approximate surface area is 276 Å². The van der Waals surface area contributed by atoms with Crippen LogP contribution < -0.4 is 33.3 Å². The Hall–Kier alpha value is -5.03. The highest BCUT2D eigenvalue weighted by Gasteiger charge is 2.28. The van der Waals surface area contributed by atoms with Gasteiger partial charge in [-0.05, 0) is 80.0 Å². The van der Waals surface area contributed by atoms with Crippen LogP contribution in [-0.2, 0) is 11.3 Å². The van der Waals surface area contributed by atoms with Gasteiger partial charge in [-0.25, -0.2) is 0 Å².